The van der Waals surface area contributed by atoms with Gasteiger partial charge >= 0.3 is 308 Å². The van der Waals surface area contributed by atoms with Crippen LogP contribution in [0.4, 0.5) is 0 Å². The Morgan fingerprint density at radius 2 is 1.17 bits per heavy atom. The standard InChI is InChI=1S/C23H29.2C10H13.C5H5.CH2.2ClH.Hf/c1-14-9-16-11-17-10-15(2)21(23(6,7)8)13-19(17)18(16)12-20(14)22(3,4)5;2*1-2-3-7-10-8-5-4-6-9-10;1-2-4-5-3-1;;;;/h9,12-13H,11H2,1-8H3;2*5-6,8-9H,2-3,7H2,1H3;1-3H,4H2;1H2;2*1H;. The quantitative estimate of drug-likeness (QED) is 0.123. The van der Waals surface area contributed by atoms with Gasteiger partial charge in [-0.25, -0.2) is 0 Å². The Morgan fingerprint density at radius 3 is 1.62 bits per heavy atom. The molecule has 0 atom stereocenters. The van der Waals surface area contributed by atoms with E-state index >= 15 is 0 Å². The number of aryl methyl sites for hydroxylation is 3. The molecule has 0 nitrogen and oxygen atoms in total. The Hall–Kier alpha value is -2.32. The van der Waals surface area contributed by atoms with E-state index in [-0.39, 0.29) is 35.6 Å². The van der Waals surface area contributed by atoms with Crippen molar-refractivity contribution >= 4 is 39.0 Å². The summed E-state index contributed by atoms with van der Waals surface area (Å²) < 4.78 is 12.0. The predicted octanol–water partition coefficient (Wildman–Crippen LogP) is 12.2. The van der Waals surface area contributed by atoms with Gasteiger partial charge in [0.05, 0.1) is 0 Å². The van der Waals surface area contributed by atoms with Crippen molar-refractivity contribution in [3.8, 4) is 11.1 Å². The zero-order valence-corrected chi connectivity index (χ0v) is 39.0. The molecular weight excluding hydrogens is 838 g/mol. The molecule has 2 aliphatic carbocycles. The van der Waals surface area contributed by atoms with Crippen molar-refractivity contribution in [1.29, 1.82) is 0 Å². The zero-order chi connectivity index (χ0) is 36.1. The van der Waals surface area contributed by atoms with Gasteiger partial charge in [-0.15, -0.1) is 24.8 Å². The summed E-state index contributed by atoms with van der Waals surface area (Å²) in [6, 6.07) is 27.5. The SMILES string of the molecule is Cl.Cl.[CH2]=[Hf]([C]1=CC=CC1)([c]1ccc(CCCC)cc1)([c]1ccc(CCCC)cc1)[c]1c(C)c(C(C)(C)C)cc2c1Cc1cc(C)c(C(C)(C)C)cc1-2. The van der Waals surface area contributed by atoms with E-state index in [1.807, 2.05) is 0 Å². The van der Waals surface area contributed by atoms with Crippen LogP contribution in [-0.4, -0.2) is 4.26 Å². The van der Waals surface area contributed by atoms with Gasteiger partial charge in [-0.3, -0.25) is 0 Å². The van der Waals surface area contributed by atoms with Crippen LogP contribution >= 0.6 is 24.8 Å². The molecule has 52 heavy (non-hydrogen) atoms. The second-order valence-corrected chi connectivity index (χ2v) is 36.6. The van der Waals surface area contributed by atoms with E-state index in [0.717, 1.165) is 25.7 Å². The van der Waals surface area contributed by atoms with Crippen molar-refractivity contribution in [3.05, 3.63) is 133 Å². The Morgan fingerprint density at radius 1 is 0.673 bits per heavy atom. The van der Waals surface area contributed by atoms with Gasteiger partial charge in [-0.1, -0.05) is 0 Å². The third-order valence-corrected chi connectivity index (χ3v) is 36.6. The normalized spacial score (nSPS) is 14.0. The molecule has 0 saturated heterocycles. The van der Waals surface area contributed by atoms with E-state index < -0.39 is 18.0 Å². The second kappa shape index (κ2) is 15.8. The van der Waals surface area contributed by atoms with Crippen LogP contribution < -0.4 is 9.96 Å². The van der Waals surface area contributed by atoms with Crippen LogP contribution in [0.25, 0.3) is 11.1 Å². The van der Waals surface area contributed by atoms with Crippen LogP contribution in [0.15, 0.2) is 88.3 Å². The van der Waals surface area contributed by atoms with Crippen molar-refractivity contribution in [1.82, 2.24) is 0 Å². The summed E-state index contributed by atoms with van der Waals surface area (Å²) in [7, 11) is 0. The van der Waals surface area contributed by atoms with Crippen LogP contribution in [-0.2, 0) is 48.1 Å². The van der Waals surface area contributed by atoms with Gasteiger partial charge in [-0.05, 0) is 0 Å². The summed E-state index contributed by atoms with van der Waals surface area (Å²) in [6.07, 6.45) is 16.3. The number of hydrogen-bond donors (Lipinski definition) is 0. The molecule has 4 aromatic rings. The van der Waals surface area contributed by atoms with E-state index in [1.54, 1.807) is 12.2 Å². The van der Waals surface area contributed by atoms with E-state index in [1.165, 1.54) is 82.4 Å². The molecule has 0 saturated carbocycles. The van der Waals surface area contributed by atoms with Crippen molar-refractivity contribution in [2.45, 2.75) is 131 Å². The third-order valence-electron chi connectivity index (χ3n) is 12.3. The first-order chi connectivity index (χ1) is 23.6. The number of rotatable bonds is 10. The molecule has 6 rings (SSSR count). The molecule has 0 radical (unpaired) electrons. The minimum atomic E-state index is -5.08. The monoisotopic (exact) mass is 902 g/mol. The van der Waals surface area contributed by atoms with Crippen LogP contribution in [0.5, 0.6) is 0 Å². The van der Waals surface area contributed by atoms with E-state index in [4.69, 9.17) is 4.26 Å². The van der Waals surface area contributed by atoms with E-state index in [9.17, 15) is 0 Å². The summed E-state index contributed by atoms with van der Waals surface area (Å²) in [5, 5.41) is 0. The molecule has 0 aromatic heterocycles. The van der Waals surface area contributed by atoms with Crippen molar-refractivity contribution in [3.63, 3.8) is 0 Å². The Labute approximate surface area is 330 Å². The molecule has 278 valence electrons. The molecule has 3 heteroatoms. The summed E-state index contributed by atoms with van der Waals surface area (Å²) >= 11 is -5.08. The topological polar surface area (TPSA) is 0 Å². The first-order valence-corrected chi connectivity index (χ1v) is 29.2. The summed E-state index contributed by atoms with van der Waals surface area (Å²) in [5.74, 6) is 0. The predicted molar refractivity (Wildman–Crippen MR) is 234 cm³/mol. The van der Waals surface area contributed by atoms with Gasteiger partial charge in [0, 0.05) is 0 Å². The number of fused-ring (bicyclic) bond motifs is 3. The molecule has 4 aromatic carbocycles. The fourth-order valence-corrected chi connectivity index (χ4v) is 33.6. The Bertz CT molecular complexity index is 1990. The molecule has 0 fully saturated rings. The summed E-state index contributed by atoms with van der Waals surface area (Å²) in [5.41, 5.74) is 14.7. The van der Waals surface area contributed by atoms with E-state index in [0.29, 0.717) is 0 Å². The molecule has 0 unspecified atom stereocenters. The Balaban J connectivity index is 0.00000302. The number of benzene rings is 4. The molecule has 0 bridgehead atoms. The van der Waals surface area contributed by atoms with Crippen molar-refractivity contribution in [2.24, 2.45) is 0 Å². The zero-order valence-electron chi connectivity index (χ0n) is 33.8. The maximum atomic E-state index is 5.89. The second-order valence-electron chi connectivity index (χ2n) is 17.8. The number of halogens is 2. The minimum absolute atomic E-state index is 0. The first-order valence-electron chi connectivity index (χ1n) is 19.5. The van der Waals surface area contributed by atoms with Crippen LogP contribution in [0.1, 0.15) is 132 Å². The summed E-state index contributed by atoms with van der Waals surface area (Å²) in [6.45, 7) is 23.7. The number of hydrogen-bond acceptors (Lipinski definition) is 0. The van der Waals surface area contributed by atoms with Crippen molar-refractivity contribution < 1.29 is 18.0 Å². The number of allylic oxidation sites excluding steroid dienone is 4. The molecular formula is C49H64Cl2Hf. The Kier molecular flexibility index (Phi) is 12.9. The van der Waals surface area contributed by atoms with Gasteiger partial charge in [0.1, 0.15) is 0 Å². The average Bonchev–Trinajstić information content (AvgIpc) is 3.74. The van der Waals surface area contributed by atoms with Crippen LogP contribution in [0.2, 0.25) is 0 Å². The van der Waals surface area contributed by atoms with E-state index in [2.05, 4.69) is 154 Å². The van der Waals surface area contributed by atoms with Crippen molar-refractivity contribution in [2.75, 3.05) is 0 Å². The molecule has 0 amide bonds. The fourth-order valence-electron chi connectivity index (χ4n) is 9.63. The maximum absolute atomic E-state index is 5.89. The molecule has 0 heterocycles. The molecule has 0 spiro atoms. The van der Waals surface area contributed by atoms with Gasteiger partial charge in [-0.2, -0.15) is 0 Å². The molecule has 0 aliphatic heterocycles. The van der Waals surface area contributed by atoms with Gasteiger partial charge in [0.15, 0.2) is 0 Å². The third kappa shape index (κ3) is 7.13. The van der Waals surface area contributed by atoms with Gasteiger partial charge < -0.3 is 0 Å². The fraction of sp³-hybridized carbons (Fsp3) is 0.408. The first kappa shape index (κ1) is 42.4. The van der Waals surface area contributed by atoms with Gasteiger partial charge in [0.25, 0.3) is 0 Å². The number of unbranched alkanes of at least 4 members (excludes halogenated alkanes) is 2. The summed E-state index contributed by atoms with van der Waals surface area (Å²) in [4.78, 5) is 0. The van der Waals surface area contributed by atoms with Crippen LogP contribution in [0.3, 0.4) is 0 Å². The molecule has 2 aliphatic rings. The molecule has 0 N–H and O–H groups in total. The average molecular weight is 902 g/mol. The van der Waals surface area contributed by atoms with Crippen LogP contribution in [0, 0.1) is 13.8 Å². The van der Waals surface area contributed by atoms with Gasteiger partial charge in [0.2, 0.25) is 0 Å².